The van der Waals surface area contributed by atoms with E-state index < -0.39 is 18.0 Å². The quantitative estimate of drug-likeness (QED) is 0.646. The molecule has 1 N–H and O–H groups in total. The van der Waals surface area contributed by atoms with Crippen molar-refractivity contribution in [1.82, 2.24) is 9.78 Å². The normalized spacial score (nSPS) is 10.5. The van der Waals surface area contributed by atoms with E-state index >= 15 is 0 Å². The SMILES string of the molecule is CCC#Cc1ccc(-c2ccccc2NC(=O)c2cn(C)nc2C(F)F)cc1. The van der Waals surface area contributed by atoms with Crippen molar-refractivity contribution in [2.45, 2.75) is 19.8 Å². The molecule has 142 valence electrons. The predicted octanol–water partition coefficient (Wildman–Crippen LogP) is 5.04. The van der Waals surface area contributed by atoms with Gasteiger partial charge in [-0.25, -0.2) is 8.78 Å². The zero-order valence-electron chi connectivity index (χ0n) is 15.5. The fraction of sp³-hybridized carbons (Fsp3) is 0.182. The minimum Gasteiger partial charge on any atom is -0.321 e. The zero-order chi connectivity index (χ0) is 20.1. The lowest BCUT2D eigenvalue weighted by Gasteiger charge is -2.11. The molecule has 0 saturated carbocycles. The Kier molecular flexibility index (Phi) is 5.85. The van der Waals surface area contributed by atoms with Crippen LogP contribution in [0.2, 0.25) is 0 Å². The number of nitrogens with one attached hydrogen (secondary N) is 1. The van der Waals surface area contributed by atoms with Crippen molar-refractivity contribution in [2.75, 3.05) is 5.32 Å². The summed E-state index contributed by atoms with van der Waals surface area (Å²) in [7, 11) is 1.50. The van der Waals surface area contributed by atoms with Crippen LogP contribution in [0.4, 0.5) is 14.5 Å². The summed E-state index contributed by atoms with van der Waals surface area (Å²) in [5.41, 5.74) is 2.44. The molecule has 4 nitrogen and oxygen atoms in total. The number of rotatable bonds is 4. The highest BCUT2D eigenvalue weighted by Gasteiger charge is 2.23. The first-order chi connectivity index (χ1) is 13.5. The van der Waals surface area contributed by atoms with Crippen LogP contribution in [0.1, 0.15) is 41.4 Å². The molecular formula is C22H19F2N3O. The number of benzene rings is 2. The summed E-state index contributed by atoms with van der Waals surface area (Å²) >= 11 is 0. The van der Waals surface area contributed by atoms with Crippen LogP contribution in [0.3, 0.4) is 0 Å². The number of hydrogen-bond acceptors (Lipinski definition) is 2. The van der Waals surface area contributed by atoms with Crippen molar-refractivity contribution in [1.29, 1.82) is 0 Å². The van der Waals surface area contributed by atoms with Crippen LogP contribution >= 0.6 is 0 Å². The smallest absolute Gasteiger partial charge is 0.282 e. The second-order valence-corrected chi connectivity index (χ2v) is 6.13. The van der Waals surface area contributed by atoms with Gasteiger partial charge in [-0.1, -0.05) is 49.1 Å². The lowest BCUT2D eigenvalue weighted by atomic mass is 10.0. The van der Waals surface area contributed by atoms with E-state index in [0.29, 0.717) is 5.69 Å². The Hall–Kier alpha value is -3.46. The van der Waals surface area contributed by atoms with E-state index in [1.165, 1.54) is 17.9 Å². The summed E-state index contributed by atoms with van der Waals surface area (Å²) in [5.74, 6) is 5.46. The van der Waals surface area contributed by atoms with Crippen LogP contribution in [0, 0.1) is 11.8 Å². The molecule has 0 aliphatic heterocycles. The Morgan fingerprint density at radius 1 is 1.18 bits per heavy atom. The first-order valence-electron chi connectivity index (χ1n) is 8.81. The summed E-state index contributed by atoms with van der Waals surface area (Å²) in [6.45, 7) is 1.99. The third-order valence-corrected chi connectivity index (χ3v) is 4.09. The number of nitrogens with zero attached hydrogens (tertiary/aromatic N) is 2. The van der Waals surface area contributed by atoms with E-state index in [2.05, 4.69) is 22.3 Å². The molecule has 28 heavy (non-hydrogen) atoms. The van der Waals surface area contributed by atoms with E-state index in [1.807, 2.05) is 43.3 Å². The Bertz CT molecular complexity index is 1040. The first-order valence-corrected chi connectivity index (χ1v) is 8.81. The van der Waals surface area contributed by atoms with Crippen LogP contribution in [-0.4, -0.2) is 15.7 Å². The van der Waals surface area contributed by atoms with Gasteiger partial charge in [0.15, 0.2) is 0 Å². The van der Waals surface area contributed by atoms with Crippen LogP contribution in [0.15, 0.2) is 54.7 Å². The van der Waals surface area contributed by atoms with Crippen molar-refractivity contribution in [3.8, 4) is 23.0 Å². The summed E-state index contributed by atoms with van der Waals surface area (Å²) < 4.78 is 27.5. The van der Waals surface area contributed by atoms with Crippen molar-refractivity contribution in [3.05, 3.63) is 71.5 Å². The van der Waals surface area contributed by atoms with Gasteiger partial charge in [-0.05, 0) is 23.8 Å². The van der Waals surface area contributed by atoms with Gasteiger partial charge in [0.2, 0.25) is 0 Å². The highest BCUT2D eigenvalue weighted by molar-refractivity contribution is 6.06. The highest BCUT2D eigenvalue weighted by Crippen LogP contribution is 2.29. The number of para-hydroxylation sites is 1. The molecule has 1 heterocycles. The van der Waals surface area contributed by atoms with Crippen LogP contribution in [0.5, 0.6) is 0 Å². The number of aryl methyl sites for hydroxylation is 1. The van der Waals surface area contributed by atoms with Crippen molar-refractivity contribution >= 4 is 11.6 Å². The third-order valence-electron chi connectivity index (χ3n) is 4.09. The Labute approximate surface area is 162 Å². The lowest BCUT2D eigenvalue weighted by molar-refractivity contribution is 0.101. The summed E-state index contributed by atoms with van der Waals surface area (Å²) in [6, 6.07) is 14.9. The van der Waals surface area contributed by atoms with Crippen molar-refractivity contribution < 1.29 is 13.6 Å². The number of amides is 1. The van der Waals surface area contributed by atoms with Crippen LogP contribution in [-0.2, 0) is 7.05 Å². The van der Waals surface area contributed by atoms with E-state index in [0.717, 1.165) is 23.1 Å². The molecule has 3 aromatic rings. The number of alkyl halides is 2. The Balaban J connectivity index is 1.90. The van der Waals surface area contributed by atoms with Gasteiger partial charge < -0.3 is 5.32 Å². The summed E-state index contributed by atoms with van der Waals surface area (Å²) in [4.78, 5) is 12.6. The van der Waals surface area contributed by atoms with E-state index in [-0.39, 0.29) is 5.56 Å². The number of carbonyl (C=O) groups excluding carboxylic acids is 1. The maximum atomic E-state index is 13.1. The lowest BCUT2D eigenvalue weighted by Crippen LogP contribution is -2.14. The van der Waals surface area contributed by atoms with Gasteiger partial charge in [-0.3, -0.25) is 9.48 Å². The average Bonchev–Trinajstić information content (AvgIpc) is 3.09. The molecule has 0 spiro atoms. The second-order valence-electron chi connectivity index (χ2n) is 6.13. The molecule has 0 aliphatic rings. The molecule has 1 aromatic heterocycles. The molecule has 3 rings (SSSR count). The number of halogens is 2. The minimum absolute atomic E-state index is 0.141. The molecule has 0 saturated heterocycles. The summed E-state index contributed by atoms with van der Waals surface area (Å²) in [6.07, 6.45) is -0.749. The number of hydrogen-bond donors (Lipinski definition) is 1. The zero-order valence-corrected chi connectivity index (χ0v) is 15.5. The van der Waals surface area contributed by atoms with Gasteiger partial charge in [0.05, 0.1) is 5.56 Å². The Morgan fingerprint density at radius 2 is 1.89 bits per heavy atom. The molecule has 0 fully saturated rings. The van der Waals surface area contributed by atoms with E-state index in [4.69, 9.17) is 0 Å². The molecule has 0 atom stereocenters. The number of carbonyl (C=O) groups is 1. The number of anilines is 1. The fourth-order valence-corrected chi connectivity index (χ4v) is 2.80. The molecular weight excluding hydrogens is 360 g/mol. The minimum atomic E-state index is -2.83. The van der Waals surface area contributed by atoms with Crippen molar-refractivity contribution in [3.63, 3.8) is 0 Å². The third kappa shape index (κ3) is 4.26. The Morgan fingerprint density at radius 3 is 2.57 bits per heavy atom. The average molecular weight is 379 g/mol. The van der Waals surface area contributed by atoms with Gasteiger partial charge >= 0.3 is 0 Å². The highest BCUT2D eigenvalue weighted by atomic mass is 19.3. The second kappa shape index (κ2) is 8.49. The molecule has 6 heteroatoms. The van der Waals surface area contributed by atoms with Gasteiger partial charge in [0.25, 0.3) is 12.3 Å². The predicted molar refractivity (Wildman–Crippen MR) is 105 cm³/mol. The van der Waals surface area contributed by atoms with Crippen LogP contribution < -0.4 is 5.32 Å². The summed E-state index contributed by atoms with van der Waals surface area (Å²) in [5, 5.41) is 6.41. The van der Waals surface area contributed by atoms with Gasteiger partial charge in [-0.2, -0.15) is 5.10 Å². The maximum Gasteiger partial charge on any atom is 0.282 e. The maximum absolute atomic E-state index is 13.1. The van der Waals surface area contributed by atoms with Gasteiger partial charge in [0.1, 0.15) is 5.69 Å². The van der Waals surface area contributed by atoms with Crippen molar-refractivity contribution in [2.24, 2.45) is 7.05 Å². The fourth-order valence-electron chi connectivity index (χ4n) is 2.80. The monoisotopic (exact) mass is 379 g/mol. The number of aromatic nitrogens is 2. The molecule has 2 aromatic carbocycles. The standard InChI is InChI=1S/C22H19F2N3O/c1-3-4-7-15-10-12-16(13-11-15)17-8-5-6-9-19(17)25-22(28)18-14-27(2)26-20(18)21(23)24/h5-6,8-14,21H,3H2,1-2H3,(H,25,28). The van der Waals surface area contributed by atoms with Gasteiger partial charge in [-0.15, -0.1) is 0 Å². The topological polar surface area (TPSA) is 46.9 Å². The largest absolute Gasteiger partial charge is 0.321 e. The molecule has 1 amide bonds. The molecule has 0 bridgehead atoms. The molecule has 0 unspecified atom stereocenters. The first kappa shape index (κ1) is 19.3. The van der Waals surface area contributed by atoms with E-state index in [9.17, 15) is 13.6 Å². The van der Waals surface area contributed by atoms with Gasteiger partial charge in [0, 0.05) is 36.5 Å². The molecule has 0 aliphatic carbocycles. The molecule has 0 radical (unpaired) electrons. The van der Waals surface area contributed by atoms with E-state index in [1.54, 1.807) is 12.1 Å². The van der Waals surface area contributed by atoms with Crippen LogP contribution in [0.25, 0.3) is 11.1 Å².